The molecule has 0 spiro atoms. The van der Waals surface area contributed by atoms with Crippen LogP contribution in [0.3, 0.4) is 0 Å². The minimum atomic E-state index is -0.949. The lowest BCUT2D eigenvalue weighted by Gasteiger charge is -2.03. The third kappa shape index (κ3) is 3.60. The van der Waals surface area contributed by atoms with E-state index in [1.54, 1.807) is 6.08 Å². The van der Waals surface area contributed by atoms with Crippen LogP contribution in [0.1, 0.15) is 13.3 Å². The number of ether oxygens (including phenoxy) is 1. The van der Waals surface area contributed by atoms with Crippen molar-refractivity contribution >= 4 is 5.97 Å². The fourth-order valence-corrected chi connectivity index (χ4v) is 0.970. The van der Waals surface area contributed by atoms with Gasteiger partial charge in [0.2, 0.25) is 0 Å². The van der Waals surface area contributed by atoms with Crippen molar-refractivity contribution in [2.24, 2.45) is 0 Å². The number of hydrogen-bond donors (Lipinski definition) is 1. The fourth-order valence-electron chi connectivity index (χ4n) is 0.970. The molecule has 3 nitrogen and oxygen atoms in total. The van der Waals surface area contributed by atoms with Crippen molar-refractivity contribution in [2.75, 3.05) is 6.61 Å². The summed E-state index contributed by atoms with van der Waals surface area (Å²) in [5.74, 6) is -0.259. The Bertz CT molecular complexity index is 285. The second kappa shape index (κ2) is 4.50. The molecule has 0 heterocycles. The predicted octanol–water partition coefficient (Wildman–Crippen LogP) is 1.88. The highest BCUT2D eigenvalue weighted by atomic mass is 16.5. The van der Waals surface area contributed by atoms with Gasteiger partial charge in [-0.25, -0.2) is 4.79 Å². The van der Waals surface area contributed by atoms with Gasteiger partial charge in [-0.3, -0.25) is 0 Å². The first-order chi connectivity index (χ1) is 6.18. The first-order valence-electron chi connectivity index (χ1n) is 4.07. The maximum atomic E-state index is 10.2. The molecule has 13 heavy (non-hydrogen) atoms. The molecule has 1 rings (SSSR count). The molecule has 1 aliphatic rings. The topological polar surface area (TPSA) is 46.5 Å². The zero-order valence-electron chi connectivity index (χ0n) is 7.49. The van der Waals surface area contributed by atoms with Gasteiger partial charge in [0.15, 0.2) is 6.61 Å². The number of rotatable bonds is 3. The number of allylic oxidation sites excluding steroid dienone is 5. The lowest BCUT2D eigenvalue weighted by atomic mass is 10.3. The van der Waals surface area contributed by atoms with Gasteiger partial charge in [0.25, 0.3) is 0 Å². The van der Waals surface area contributed by atoms with Crippen molar-refractivity contribution < 1.29 is 14.6 Å². The number of carboxylic acid groups (broad SMARTS) is 1. The highest BCUT2D eigenvalue weighted by Crippen LogP contribution is 2.11. The summed E-state index contributed by atoms with van der Waals surface area (Å²) in [7, 11) is 0. The van der Waals surface area contributed by atoms with Crippen molar-refractivity contribution in [3.63, 3.8) is 0 Å². The highest BCUT2D eigenvalue weighted by Gasteiger charge is 2.01. The first-order valence-corrected chi connectivity index (χ1v) is 4.07. The molecule has 0 aromatic carbocycles. The van der Waals surface area contributed by atoms with Crippen molar-refractivity contribution in [3.05, 3.63) is 35.6 Å². The Morgan fingerprint density at radius 2 is 2.38 bits per heavy atom. The molecule has 0 saturated heterocycles. The summed E-state index contributed by atoms with van der Waals surface area (Å²) in [5.41, 5.74) is 1.13. The molecule has 0 amide bonds. The van der Waals surface area contributed by atoms with Crippen LogP contribution in [-0.4, -0.2) is 17.7 Å². The van der Waals surface area contributed by atoms with Gasteiger partial charge in [-0.2, -0.15) is 0 Å². The molecular formula is C10H12O3. The van der Waals surface area contributed by atoms with E-state index in [0.29, 0.717) is 12.2 Å². The smallest absolute Gasteiger partial charge is 0.341 e. The molecule has 0 atom stereocenters. The Morgan fingerprint density at radius 3 is 3.08 bits per heavy atom. The summed E-state index contributed by atoms with van der Waals surface area (Å²) in [6.07, 6.45) is 8.29. The second-order valence-electron chi connectivity index (χ2n) is 2.83. The molecule has 0 aromatic heterocycles. The predicted molar refractivity (Wildman–Crippen MR) is 49.2 cm³/mol. The molecule has 1 aliphatic carbocycles. The second-order valence-corrected chi connectivity index (χ2v) is 2.83. The van der Waals surface area contributed by atoms with Crippen LogP contribution in [0.25, 0.3) is 0 Å². The zero-order valence-corrected chi connectivity index (χ0v) is 7.49. The SMILES string of the molecule is CC1=CC=C(OCC(=O)O)CC=C1. The van der Waals surface area contributed by atoms with Crippen LogP contribution < -0.4 is 0 Å². The van der Waals surface area contributed by atoms with E-state index in [0.717, 1.165) is 5.57 Å². The lowest BCUT2D eigenvalue weighted by Crippen LogP contribution is -2.06. The summed E-state index contributed by atoms with van der Waals surface area (Å²) in [6.45, 7) is 1.71. The standard InChI is InChI=1S/C10H12O3/c1-8-3-2-4-9(6-5-8)13-7-10(11)12/h2-3,5-6H,4,7H2,1H3,(H,11,12). The van der Waals surface area contributed by atoms with Crippen molar-refractivity contribution in [1.29, 1.82) is 0 Å². The number of aliphatic carboxylic acids is 1. The van der Waals surface area contributed by atoms with Crippen LogP contribution in [0, 0.1) is 0 Å². The van der Waals surface area contributed by atoms with Gasteiger partial charge in [0.1, 0.15) is 5.76 Å². The van der Waals surface area contributed by atoms with E-state index in [4.69, 9.17) is 9.84 Å². The third-order valence-electron chi connectivity index (χ3n) is 1.61. The average Bonchev–Trinajstić information content (AvgIpc) is 2.27. The summed E-state index contributed by atoms with van der Waals surface area (Å²) >= 11 is 0. The molecule has 0 saturated carbocycles. The van der Waals surface area contributed by atoms with E-state index < -0.39 is 5.97 Å². The Kier molecular flexibility index (Phi) is 3.31. The van der Waals surface area contributed by atoms with Gasteiger partial charge in [-0.05, 0) is 13.0 Å². The Labute approximate surface area is 77.0 Å². The molecule has 3 heteroatoms. The molecular weight excluding hydrogens is 168 g/mol. The van der Waals surface area contributed by atoms with E-state index >= 15 is 0 Å². The summed E-state index contributed by atoms with van der Waals surface area (Å²) in [4.78, 5) is 10.2. The van der Waals surface area contributed by atoms with Crippen LogP contribution >= 0.6 is 0 Å². The van der Waals surface area contributed by atoms with Crippen LogP contribution in [0.15, 0.2) is 35.6 Å². The fraction of sp³-hybridized carbons (Fsp3) is 0.300. The molecule has 0 fully saturated rings. The molecule has 1 N–H and O–H groups in total. The van der Waals surface area contributed by atoms with Crippen LogP contribution in [0.4, 0.5) is 0 Å². The van der Waals surface area contributed by atoms with Gasteiger partial charge < -0.3 is 9.84 Å². The van der Waals surface area contributed by atoms with Gasteiger partial charge in [-0.15, -0.1) is 0 Å². The molecule has 0 bridgehead atoms. The third-order valence-corrected chi connectivity index (χ3v) is 1.61. The molecule has 0 radical (unpaired) electrons. The first kappa shape index (κ1) is 9.58. The van der Waals surface area contributed by atoms with Gasteiger partial charge in [0, 0.05) is 6.42 Å². The van der Waals surface area contributed by atoms with Crippen LogP contribution in [-0.2, 0) is 9.53 Å². The van der Waals surface area contributed by atoms with Crippen molar-refractivity contribution in [3.8, 4) is 0 Å². The summed E-state index contributed by atoms with van der Waals surface area (Å²) in [5, 5.41) is 8.38. The van der Waals surface area contributed by atoms with Crippen LogP contribution in [0.2, 0.25) is 0 Å². The van der Waals surface area contributed by atoms with E-state index in [-0.39, 0.29) is 6.61 Å². The Balaban J connectivity index is 2.52. The number of carboxylic acids is 1. The number of hydrogen-bond acceptors (Lipinski definition) is 2. The molecule has 0 aromatic rings. The lowest BCUT2D eigenvalue weighted by molar-refractivity contribution is -0.140. The largest absolute Gasteiger partial charge is 0.486 e. The van der Waals surface area contributed by atoms with E-state index in [1.165, 1.54) is 0 Å². The van der Waals surface area contributed by atoms with Crippen LogP contribution in [0.5, 0.6) is 0 Å². The van der Waals surface area contributed by atoms with Crippen molar-refractivity contribution in [1.82, 2.24) is 0 Å². The van der Waals surface area contributed by atoms with Crippen molar-refractivity contribution in [2.45, 2.75) is 13.3 Å². The quantitative estimate of drug-likeness (QED) is 0.721. The monoisotopic (exact) mass is 180 g/mol. The van der Waals surface area contributed by atoms with E-state index in [2.05, 4.69) is 0 Å². The average molecular weight is 180 g/mol. The maximum Gasteiger partial charge on any atom is 0.341 e. The Hall–Kier alpha value is -1.51. The Morgan fingerprint density at radius 1 is 1.62 bits per heavy atom. The molecule has 70 valence electrons. The minimum absolute atomic E-state index is 0.271. The normalized spacial score (nSPS) is 15.8. The molecule has 0 unspecified atom stereocenters. The van der Waals surface area contributed by atoms with Gasteiger partial charge in [-0.1, -0.05) is 23.8 Å². The summed E-state index contributed by atoms with van der Waals surface area (Å²) in [6, 6.07) is 0. The number of carbonyl (C=O) groups is 1. The van der Waals surface area contributed by atoms with Gasteiger partial charge >= 0.3 is 5.97 Å². The highest BCUT2D eigenvalue weighted by molar-refractivity contribution is 5.68. The molecule has 0 aliphatic heterocycles. The summed E-state index contributed by atoms with van der Waals surface area (Å²) < 4.78 is 5.04. The van der Waals surface area contributed by atoms with E-state index in [1.807, 2.05) is 25.2 Å². The van der Waals surface area contributed by atoms with E-state index in [9.17, 15) is 4.79 Å². The maximum absolute atomic E-state index is 10.2. The minimum Gasteiger partial charge on any atom is -0.486 e. The van der Waals surface area contributed by atoms with Gasteiger partial charge in [0.05, 0.1) is 0 Å². The zero-order chi connectivity index (χ0) is 9.68.